The number of benzene rings is 1. The summed E-state index contributed by atoms with van der Waals surface area (Å²) in [5.41, 5.74) is 3.34. The van der Waals surface area contributed by atoms with Crippen LogP contribution in [0.3, 0.4) is 0 Å². The summed E-state index contributed by atoms with van der Waals surface area (Å²) < 4.78 is 5.00. The van der Waals surface area contributed by atoms with E-state index in [9.17, 15) is 9.59 Å². The number of rotatable bonds is 8. The molecular weight excluding hydrogens is 290 g/mol. The summed E-state index contributed by atoms with van der Waals surface area (Å²) in [6, 6.07) is 5.49. The molecule has 0 saturated heterocycles. The molecule has 0 bridgehead atoms. The van der Waals surface area contributed by atoms with Gasteiger partial charge < -0.3 is 10.1 Å². The Labute approximate surface area is 138 Å². The highest BCUT2D eigenvalue weighted by Gasteiger charge is 2.24. The predicted molar refractivity (Wildman–Crippen MR) is 90.7 cm³/mol. The van der Waals surface area contributed by atoms with Crippen LogP contribution in [0, 0.1) is 0 Å². The highest BCUT2D eigenvalue weighted by atomic mass is 16.5. The normalized spacial score (nSPS) is 14.9. The highest BCUT2D eigenvalue weighted by molar-refractivity contribution is 6.02. The second-order valence-electron chi connectivity index (χ2n) is 6.07. The van der Waals surface area contributed by atoms with Gasteiger partial charge in [-0.1, -0.05) is 19.1 Å². The van der Waals surface area contributed by atoms with Crippen LogP contribution in [0.15, 0.2) is 18.2 Å². The maximum Gasteiger partial charge on any atom is 0.307 e. The van der Waals surface area contributed by atoms with Gasteiger partial charge in [-0.05, 0) is 62.8 Å². The van der Waals surface area contributed by atoms with Gasteiger partial charge in [0, 0.05) is 5.56 Å². The van der Waals surface area contributed by atoms with Gasteiger partial charge in [0.2, 0.25) is 0 Å². The fourth-order valence-corrected chi connectivity index (χ4v) is 3.05. The van der Waals surface area contributed by atoms with E-state index in [1.54, 1.807) is 6.92 Å². The minimum absolute atomic E-state index is 0.0140. The van der Waals surface area contributed by atoms with Crippen molar-refractivity contribution >= 4 is 11.8 Å². The minimum Gasteiger partial charge on any atom is -0.466 e. The number of aryl methyl sites for hydroxylation is 2. The quantitative estimate of drug-likeness (QED) is 0.591. The molecule has 1 aromatic carbocycles. The molecule has 1 unspecified atom stereocenters. The van der Waals surface area contributed by atoms with E-state index >= 15 is 0 Å². The van der Waals surface area contributed by atoms with Crippen LogP contribution in [0.1, 0.15) is 61.0 Å². The van der Waals surface area contributed by atoms with Crippen LogP contribution in [0.5, 0.6) is 0 Å². The molecule has 0 radical (unpaired) electrons. The Morgan fingerprint density at radius 2 is 1.91 bits per heavy atom. The molecule has 0 saturated carbocycles. The van der Waals surface area contributed by atoms with E-state index in [1.807, 2.05) is 19.1 Å². The number of fused-ring (bicyclic) bond motifs is 1. The lowest BCUT2D eigenvalue weighted by Crippen LogP contribution is -2.39. The zero-order valence-corrected chi connectivity index (χ0v) is 14.2. The topological polar surface area (TPSA) is 55.4 Å². The SMILES string of the molecule is CCCNC(CC(=O)OCC)C(=O)c1ccc2c(c1)CCCC2. The summed E-state index contributed by atoms with van der Waals surface area (Å²) in [4.78, 5) is 24.6. The lowest BCUT2D eigenvalue weighted by molar-refractivity contribution is -0.143. The zero-order chi connectivity index (χ0) is 16.7. The van der Waals surface area contributed by atoms with E-state index < -0.39 is 6.04 Å². The molecule has 4 nitrogen and oxygen atoms in total. The van der Waals surface area contributed by atoms with Crippen LogP contribution in [0.25, 0.3) is 0 Å². The molecule has 4 heteroatoms. The van der Waals surface area contributed by atoms with Crippen molar-refractivity contribution in [2.45, 2.75) is 58.4 Å². The summed E-state index contributed by atoms with van der Waals surface area (Å²) in [6.45, 7) is 4.86. The summed E-state index contributed by atoms with van der Waals surface area (Å²) in [5, 5.41) is 3.19. The van der Waals surface area contributed by atoms with Gasteiger partial charge in [0.1, 0.15) is 0 Å². The first-order valence-electron chi connectivity index (χ1n) is 8.70. The van der Waals surface area contributed by atoms with Crippen molar-refractivity contribution in [3.8, 4) is 0 Å². The van der Waals surface area contributed by atoms with Gasteiger partial charge in [-0.25, -0.2) is 0 Å². The van der Waals surface area contributed by atoms with Crippen molar-refractivity contribution < 1.29 is 14.3 Å². The summed E-state index contributed by atoms with van der Waals surface area (Å²) in [7, 11) is 0. The van der Waals surface area contributed by atoms with Gasteiger partial charge >= 0.3 is 5.97 Å². The fourth-order valence-electron chi connectivity index (χ4n) is 3.05. The first-order chi connectivity index (χ1) is 11.2. The van der Waals surface area contributed by atoms with E-state index in [0.717, 1.165) is 19.3 Å². The van der Waals surface area contributed by atoms with Crippen LogP contribution in [0.4, 0.5) is 0 Å². The standard InChI is InChI=1S/C19H27NO3/c1-3-11-20-17(13-18(21)23-4-2)19(22)16-10-9-14-7-5-6-8-15(14)12-16/h9-10,12,17,20H,3-8,11,13H2,1-2H3. The molecule has 0 spiro atoms. The second kappa shape index (κ2) is 8.82. The average molecular weight is 317 g/mol. The molecule has 126 valence electrons. The molecule has 1 aromatic rings. The summed E-state index contributed by atoms with van der Waals surface area (Å²) in [6.07, 6.45) is 5.56. The van der Waals surface area contributed by atoms with Crippen molar-refractivity contribution in [2.24, 2.45) is 0 Å². The molecule has 0 heterocycles. The van der Waals surface area contributed by atoms with Crippen molar-refractivity contribution in [1.29, 1.82) is 0 Å². The third-order valence-corrected chi connectivity index (χ3v) is 4.27. The number of hydrogen-bond acceptors (Lipinski definition) is 4. The Bertz CT molecular complexity index is 554. The Hall–Kier alpha value is -1.68. The molecular formula is C19H27NO3. The lowest BCUT2D eigenvalue weighted by atomic mass is 9.88. The van der Waals surface area contributed by atoms with Crippen molar-refractivity contribution in [3.63, 3.8) is 0 Å². The van der Waals surface area contributed by atoms with Crippen LogP contribution in [-0.2, 0) is 22.4 Å². The van der Waals surface area contributed by atoms with Gasteiger partial charge in [-0.15, -0.1) is 0 Å². The maximum absolute atomic E-state index is 12.8. The Balaban J connectivity index is 2.13. The molecule has 23 heavy (non-hydrogen) atoms. The van der Waals surface area contributed by atoms with Gasteiger partial charge in [0.05, 0.1) is 19.1 Å². The molecule has 0 fully saturated rings. The van der Waals surface area contributed by atoms with E-state index in [2.05, 4.69) is 11.4 Å². The Morgan fingerprint density at radius 1 is 1.17 bits per heavy atom. The van der Waals surface area contributed by atoms with Crippen molar-refractivity contribution in [2.75, 3.05) is 13.2 Å². The van der Waals surface area contributed by atoms with Crippen LogP contribution < -0.4 is 5.32 Å². The van der Waals surface area contributed by atoms with Crippen LogP contribution >= 0.6 is 0 Å². The number of carbonyl (C=O) groups excluding carboxylic acids is 2. The third kappa shape index (κ3) is 4.90. The van der Waals surface area contributed by atoms with E-state index in [-0.39, 0.29) is 18.2 Å². The minimum atomic E-state index is -0.504. The number of hydrogen-bond donors (Lipinski definition) is 1. The van der Waals surface area contributed by atoms with Gasteiger partial charge in [-0.2, -0.15) is 0 Å². The molecule has 0 aliphatic heterocycles. The number of Topliss-reactive ketones (excluding diaryl/α,β-unsaturated/α-hetero) is 1. The monoisotopic (exact) mass is 317 g/mol. The molecule has 1 atom stereocenters. The van der Waals surface area contributed by atoms with E-state index in [0.29, 0.717) is 18.7 Å². The molecule has 1 N–H and O–H groups in total. The molecule has 2 rings (SSSR count). The molecule has 0 amide bonds. The number of ether oxygens (including phenoxy) is 1. The lowest BCUT2D eigenvalue weighted by Gasteiger charge is -2.19. The first-order valence-corrected chi connectivity index (χ1v) is 8.70. The van der Waals surface area contributed by atoms with E-state index in [4.69, 9.17) is 4.74 Å². The number of ketones is 1. The van der Waals surface area contributed by atoms with Crippen molar-refractivity contribution in [1.82, 2.24) is 5.32 Å². The van der Waals surface area contributed by atoms with Crippen LogP contribution in [0.2, 0.25) is 0 Å². The highest BCUT2D eigenvalue weighted by Crippen LogP contribution is 2.23. The van der Waals surface area contributed by atoms with E-state index in [1.165, 1.54) is 24.0 Å². The zero-order valence-electron chi connectivity index (χ0n) is 14.2. The van der Waals surface area contributed by atoms with Gasteiger partial charge in [-0.3, -0.25) is 9.59 Å². The fraction of sp³-hybridized carbons (Fsp3) is 0.579. The predicted octanol–water partition coefficient (Wildman–Crippen LogP) is 3.07. The average Bonchev–Trinajstić information content (AvgIpc) is 2.57. The van der Waals surface area contributed by atoms with Gasteiger partial charge in [0.25, 0.3) is 0 Å². The van der Waals surface area contributed by atoms with Crippen LogP contribution in [-0.4, -0.2) is 30.9 Å². The van der Waals surface area contributed by atoms with Crippen molar-refractivity contribution in [3.05, 3.63) is 34.9 Å². The second-order valence-corrected chi connectivity index (χ2v) is 6.07. The van der Waals surface area contributed by atoms with Gasteiger partial charge in [0.15, 0.2) is 5.78 Å². The number of carbonyl (C=O) groups is 2. The number of esters is 1. The first kappa shape index (κ1) is 17.7. The Kier molecular flexibility index (Phi) is 6.78. The molecule has 1 aliphatic carbocycles. The number of nitrogens with one attached hydrogen (secondary N) is 1. The summed E-state index contributed by atoms with van der Waals surface area (Å²) >= 11 is 0. The Morgan fingerprint density at radius 3 is 2.61 bits per heavy atom. The third-order valence-electron chi connectivity index (χ3n) is 4.27. The maximum atomic E-state index is 12.8. The summed E-state index contributed by atoms with van der Waals surface area (Å²) in [5.74, 6) is -0.340. The largest absolute Gasteiger partial charge is 0.466 e. The molecule has 0 aromatic heterocycles. The molecule has 1 aliphatic rings. The smallest absolute Gasteiger partial charge is 0.307 e.